The van der Waals surface area contributed by atoms with Gasteiger partial charge in [-0.1, -0.05) is 49.9 Å². The molecular weight excluding hydrogens is 374 g/mol. The zero-order chi connectivity index (χ0) is 21.0. The van der Waals surface area contributed by atoms with Crippen molar-refractivity contribution in [2.24, 2.45) is 4.99 Å². The maximum Gasteiger partial charge on any atom is 0.191 e. The molecule has 6 nitrogen and oxygen atoms in total. The lowest BCUT2D eigenvalue weighted by atomic mass is 10.1. The van der Waals surface area contributed by atoms with Crippen LogP contribution in [0.25, 0.3) is 0 Å². The molecule has 0 saturated heterocycles. The predicted molar refractivity (Wildman–Crippen MR) is 123 cm³/mol. The summed E-state index contributed by atoms with van der Waals surface area (Å²) in [5.41, 5.74) is 2.47. The number of ether oxygens (including phenoxy) is 1. The van der Waals surface area contributed by atoms with Gasteiger partial charge in [0, 0.05) is 32.0 Å². The highest BCUT2D eigenvalue weighted by Crippen LogP contribution is 2.19. The number of aryl methyl sites for hydroxylation is 1. The highest BCUT2D eigenvalue weighted by molar-refractivity contribution is 5.79. The van der Waals surface area contributed by atoms with E-state index < -0.39 is 0 Å². The molecule has 2 N–H and O–H groups in total. The normalized spacial score (nSPS) is 15.7. The van der Waals surface area contributed by atoms with Crippen LogP contribution in [-0.4, -0.2) is 41.3 Å². The van der Waals surface area contributed by atoms with E-state index in [1.54, 1.807) is 0 Å². The second-order valence-electron chi connectivity index (χ2n) is 8.03. The van der Waals surface area contributed by atoms with Crippen molar-refractivity contribution in [3.63, 3.8) is 0 Å². The SMILES string of the molecule is CCNC(=NCc1cccc(Cn2ccnc2C)c1)NCCOC1CCCCCC1. The van der Waals surface area contributed by atoms with Gasteiger partial charge in [-0.2, -0.15) is 0 Å². The van der Waals surface area contributed by atoms with E-state index in [4.69, 9.17) is 9.73 Å². The number of imidazole rings is 1. The summed E-state index contributed by atoms with van der Waals surface area (Å²) in [4.78, 5) is 9.06. The van der Waals surface area contributed by atoms with Crippen molar-refractivity contribution in [3.8, 4) is 0 Å². The maximum absolute atomic E-state index is 6.08. The number of aromatic nitrogens is 2. The Hall–Kier alpha value is -2.34. The first kappa shape index (κ1) is 22.3. The zero-order valence-corrected chi connectivity index (χ0v) is 18.6. The molecule has 0 bridgehead atoms. The van der Waals surface area contributed by atoms with Crippen LogP contribution >= 0.6 is 0 Å². The molecule has 1 saturated carbocycles. The molecule has 1 fully saturated rings. The number of hydrogen-bond donors (Lipinski definition) is 2. The van der Waals surface area contributed by atoms with Crippen LogP contribution in [0.4, 0.5) is 0 Å². The molecule has 2 aromatic rings. The minimum Gasteiger partial charge on any atom is -0.376 e. The minimum absolute atomic E-state index is 0.440. The average Bonchev–Trinajstić information content (AvgIpc) is 2.99. The smallest absolute Gasteiger partial charge is 0.191 e. The van der Waals surface area contributed by atoms with E-state index in [-0.39, 0.29) is 0 Å². The Morgan fingerprint density at radius 3 is 2.70 bits per heavy atom. The van der Waals surface area contributed by atoms with E-state index >= 15 is 0 Å². The van der Waals surface area contributed by atoms with Gasteiger partial charge in [0.15, 0.2) is 5.96 Å². The van der Waals surface area contributed by atoms with E-state index in [2.05, 4.69) is 51.4 Å². The lowest BCUT2D eigenvalue weighted by Crippen LogP contribution is -2.39. The van der Waals surface area contributed by atoms with Crippen molar-refractivity contribution in [1.82, 2.24) is 20.2 Å². The van der Waals surface area contributed by atoms with Crippen molar-refractivity contribution in [2.75, 3.05) is 19.7 Å². The molecule has 0 unspecified atom stereocenters. The molecule has 0 amide bonds. The van der Waals surface area contributed by atoms with Gasteiger partial charge in [0.1, 0.15) is 5.82 Å². The molecule has 30 heavy (non-hydrogen) atoms. The fourth-order valence-corrected chi connectivity index (χ4v) is 3.91. The van der Waals surface area contributed by atoms with Gasteiger partial charge in [0.05, 0.1) is 19.3 Å². The van der Waals surface area contributed by atoms with Gasteiger partial charge in [-0.15, -0.1) is 0 Å². The Morgan fingerprint density at radius 2 is 1.97 bits per heavy atom. The Labute approximate surface area is 181 Å². The van der Waals surface area contributed by atoms with Crippen molar-refractivity contribution >= 4 is 5.96 Å². The van der Waals surface area contributed by atoms with Gasteiger partial charge in [0.2, 0.25) is 0 Å². The molecule has 1 heterocycles. The van der Waals surface area contributed by atoms with Gasteiger partial charge in [0.25, 0.3) is 0 Å². The number of nitrogens with zero attached hydrogens (tertiary/aromatic N) is 3. The largest absolute Gasteiger partial charge is 0.376 e. The van der Waals surface area contributed by atoms with Crippen LogP contribution in [0, 0.1) is 6.92 Å². The van der Waals surface area contributed by atoms with Crippen LogP contribution in [0.5, 0.6) is 0 Å². The van der Waals surface area contributed by atoms with Gasteiger partial charge in [-0.05, 0) is 37.8 Å². The second kappa shape index (κ2) is 12.4. The second-order valence-corrected chi connectivity index (χ2v) is 8.03. The van der Waals surface area contributed by atoms with Crippen molar-refractivity contribution in [2.45, 2.75) is 71.6 Å². The quantitative estimate of drug-likeness (QED) is 0.283. The third-order valence-electron chi connectivity index (χ3n) is 5.58. The molecular formula is C24H37N5O. The van der Waals surface area contributed by atoms with E-state index in [0.29, 0.717) is 12.6 Å². The predicted octanol–water partition coefficient (Wildman–Crippen LogP) is 4.03. The van der Waals surface area contributed by atoms with Gasteiger partial charge >= 0.3 is 0 Å². The molecule has 3 rings (SSSR count). The fraction of sp³-hybridized carbons (Fsp3) is 0.583. The number of guanidine groups is 1. The number of benzene rings is 1. The number of rotatable bonds is 9. The first-order chi connectivity index (χ1) is 14.7. The van der Waals surface area contributed by atoms with Crippen LogP contribution in [0.1, 0.15) is 62.4 Å². The topological polar surface area (TPSA) is 63.5 Å². The van der Waals surface area contributed by atoms with Gasteiger partial charge in [-0.3, -0.25) is 0 Å². The average molecular weight is 412 g/mol. The van der Waals surface area contributed by atoms with E-state index in [0.717, 1.165) is 38.0 Å². The zero-order valence-electron chi connectivity index (χ0n) is 18.6. The number of hydrogen-bond acceptors (Lipinski definition) is 3. The molecule has 6 heteroatoms. The Bertz CT molecular complexity index is 777. The van der Waals surface area contributed by atoms with E-state index in [1.807, 2.05) is 19.3 Å². The van der Waals surface area contributed by atoms with Crippen LogP contribution in [0.2, 0.25) is 0 Å². The van der Waals surface area contributed by atoms with Crippen LogP contribution in [0.15, 0.2) is 41.7 Å². The number of aliphatic imine (C=N–C) groups is 1. The third-order valence-corrected chi connectivity index (χ3v) is 5.58. The Morgan fingerprint density at radius 1 is 1.17 bits per heavy atom. The van der Waals surface area contributed by atoms with Gasteiger partial charge < -0.3 is 19.9 Å². The van der Waals surface area contributed by atoms with Crippen molar-refractivity contribution in [1.29, 1.82) is 0 Å². The molecule has 164 valence electrons. The molecule has 1 aliphatic carbocycles. The molecule has 1 aromatic heterocycles. The molecule has 0 atom stereocenters. The first-order valence-corrected chi connectivity index (χ1v) is 11.4. The van der Waals surface area contributed by atoms with E-state index in [1.165, 1.54) is 49.7 Å². The Kier molecular flexibility index (Phi) is 9.22. The molecule has 0 radical (unpaired) electrons. The summed E-state index contributed by atoms with van der Waals surface area (Å²) in [6, 6.07) is 8.61. The van der Waals surface area contributed by atoms with Crippen molar-refractivity contribution < 1.29 is 4.74 Å². The molecule has 0 aliphatic heterocycles. The van der Waals surface area contributed by atoms with Crippen LogP contribution in [0.3, 0.4) is 0 Å². The van der Waals surface area contributed by atoms with Crippen LogP contribution < -0.4 is 10.6 Å². The highest BCUT2D eigenvalue weighted by atomic mass is 16.5. The standard InChI is InChI=1S/C24H37N5O/c1-3-25-24(27-14-16-30-23-11-6-4-5-7-12-23)28-18-21-9-8-10-22(17-21)19-29-15-13-26-20(29)2/h8-10,13,15,17,23H,3-7,11-12,14,16,18-19H2,1-2H3,(H2,25,27,28). The lowest BCUT2D eigenvalue weighted by molar-refractivity contribution is 0.0468. The monoisotopic (exact) mass is 411 g/mol. The maximum atomic E-state index is 6.08. The molecule has 1 aliphatic rings. The minimum atomic E-state index is 0.440. The summed E-state index contributed by atoms with van der Waals surface area (Å²) in [7, 11) is 0. The summed E-state index contributed by atoms with van der Waals surface area (Å²) in [5.74, 6) is 1.88. The summed E-state index contributed by atoms with van der Waals surface area (Å²) in [5, 5.41) is 6.74. The third kappa shape index (κ3) is 7.48. The van der Waals surface area contributed by atoms with Gasteiger partial charge in [-0.25, -0.2) is 9.98 Å². The lowest BCUT2D eigenvalue weighted by Gasteiger charge is -2.16. The molecule has 1 aromatic carbocycles. The highest BCUT2D eigenvalue weighted by Gasteiger charge is 2.12. The summed E-state index contributed by atoms with van der Waals surface area (Å²) in [6.07, 6.45) is 12.1. The summed E-state index contributed by atoms with van der Waals surface area (Å²) >= 11 is 0. The van der Waals surface area contributed by atoms with E-state index in [9.17, 15) is 0 Å². The summed E-state index contributed by atoms with van der Waals surface area (Å²) in [6.45, 7) is 7.96. The number of nitrogens with one attached hydrogen (secondary N) is 2. The molecule has 0 spiro atoms. The first-order valence-electron chi connectivity index (χ1n) is 11.4. The van der Waals surface area contributed by atoms with Crippen molar-refractivity contribution in [3.05, 3.63) is 53.6 Å². The Balaban J connectivity index is 1.47. The fourth-order valence-electron chi connectivity index (χ4n) is 3.91. The summed E-state index contributed by atoms with van der Waals surface area (Å²) < 4.78 is 8.23. The van der Waals surface area contributed by atoms with Crippen LogP contribution in [-0.2, 0) is 17.8 Å².